The minimum Gasteiger partial charge on any atom is -0.491 e. The van der Waals surface area contributed by atoms with Gasteiger partial charge in [-0.1, -0.05) is 0 Å². The molecule has 1 atom stereocenters. The van der Waals surface area contributed by atoms with Crippen LogP contribution in [0.15, 0.2) is 12.1 Å². The maximum absolute atomic E-state index is 13.7. The highest BCUT2D eigenvalue weighted by atomic mass is 19.1. The Balaban J connectivity index is 2.20. The summed E-state index contributed by atoms with van der Waals surface area (Å²) in [4.78, 5) is 2.12. The highest BCUT2D eigenvalue weighted by Gasteiger charge is 2.21. The van der Waals surface area contributed by atoms with Crippen molar-refractivity contribution in [3.05, 3.63) is 17.9 Å². The molecule has 1 aromatic carbocycles. The molecule has 0 aliphatic carbocycles. The Hall–Kier alpha value is -1.49. The summed E-state index contributed by atoms with van der Waals surface area (Å²) < 4.78 is 24.7. The average Bonchev–Trinajstić information content (AvgIpc) is 2.92. The van der Waals surface area contributed by atoms with Crippen LogP contribution in [0.3, 0.4) is 0 Å². The SMILES string of the molecule is CCOc1cc(N(CC)CC2CCCO2)c(N)cc1F. The molecule has 112 valence electrons. The molecule has 0 aromatic heterocycles. The van der Waals surface area contributed by atoms with Gasteiger partial charge in [-0.2, -0.15) is 0 Å². The Bertz CT molecular complexity index is 448. The molecule has 1 saturated heterocycles. The summed E-state index contributed by atoms with van der Waals surface area (Å²) in [7, 11) is 0. The van der Waals surface area contributed by atoms with Crippen LogP contribution in [0.4, 0.5) is 15.8 Å². The number of halogens is 1. The number of rotatable bonds is 6. The van der Waals surface area contributed by atoms with Crippen LogP contribution in [-0.2, 0) is 4.74 Å². The number of nitrogens with zero attached hydrogens (tertiary/aromatic N) is 1. The fourth-order valence-electron chi connectivity index (χ4n) is 2.53. The fraction of sp³-hybridized carbons (Fsp3) is 0.600. The lowest BCUT2D eigenvalue weighted by Crippen LogP contribution is -2.32. The largest absolute Gasteiger partial charge is 0.491 e. The number of nitrogens with two attached hydrogens (primary N) is 1. The van der Waals surface area contributed by atoms with Crippen molar-refractivity contribution in [2.75, 3.05) is 36.9 Å². The first-order valence-corrected chi connectivity index (χ1v) is 7.24. The predicted molar refractivity (Wildman–Crippen MR) is 78.8 cm³/mol. The van der Waals surface area contributed by atoms with Gasteiger partial charge in [0.2, 0.25) is 0 Å². The van der Waals surface area contributed by atoms with Gasteiger partial charge in [-0.15, -0.1) is 0 Å². The number of benzene rings is 1. The van der Waals surface area contributed by atoms with Crippen molar-refractivity contribution in [3.8, 4) is 5.75 Å². The van der Waals surface area contributed by atoms with E-state index in [0.717, 1.165) is 38.2 Å². The number of hydrogen-bond acceptors (Lipinski definition) is 4. The second-order valence-electron chi connectivity index (χ2n) is 4.95. The first-order valence-electron chi connectivity index (χ1n) is 7.24. The molecule has 20 heavy (non-hydrogen) atoms. The van der Waals surface area contributed by atoms with Crippen LogP contribution in [0.25, 0.3) is 0 Å². The van der Waals surface area contributed by atoms with Gasteiger partial charge in [0.25, 0.3) is 0 Å². The van der Waals surface area contributed by atoms with Crippen molar-refractivity contribution in [3.63, 3.8) is 0 Å². The molecule has 1 heterocycles. The van der Waals surface area contributed by atoms with Gasteiger partial charge in [-0.3, -0.25) is 0 Å². The van der Waals surface area contributed by atoms with Crippen LogP contribution < -0.4 is 15.4 Å². The number of anilines is 2. The van der Waals surface area contributed by atoms with E-state index in [1.54, 1.807) is 6.07 Å². The third kappa shape index (κ3) is 3.33. The molecule has 1 aromatic rings. The molecule has 0 radical (unpaired) electrons. The van der Waals surface area contributed by atoms with E-state index in [4.69, 9.17) is 15.2 Å². The number of hydrogen-bond donors (Lipinski definition) is 1. The number of ether oxygens (including phenoxy) is 2. The van der Waals surface area contributed by atoms with Gasteiger partial charge < -0.3 is 20.1 Å². The first-order chi connectivity index (χ1) is 9.65. The maximum Gasteiger partial charge on any atom is 0.167 e. The summed E-state index contributed by atoms with van der Waals surface area (Å²) in [5.41, 5.74) is 7.21. The van der Waals surface area contributed by atoms with Crippen molar-refractivity contribution < 1.29 is 13.9 Å². The number of nitrogen functional groups attached to an aromatic ring is 1. The molecule has 1 fully saturated rings. The zero-order valence-corrected chi connectivity index (χ0v) is 12.2. The summed E-state index contributed by atoms with van der Waals surface area (Å²) >= 11 is 0. The van der Waals surface area contributed by atoms with Gasteiger partial charge in [-0.25, -0.2) is 4.39 Å². The minimum absolute atomic E-state index is 0.231. The Morgan fingerprint density at radius 3 is 2.85 bits per heavy atom. The molecule has 0 saturated carbocycles. The highest BCUT2D eigenvalue weighted by molar-refractivity contribution is 5.70. The van der Waals surface area contributed by atoms with E-state index in [0.29, 0.717) is 12.3 Å². The molecule has 1 aliphatic rings. The van der Waals surface area contributed by atoms with E-state index in [9.17, 15) is 4.39 Å². The van der Waals surface area contributed by atoms with E-state index in [1.165, 1.54) is 6.07 Å². The quantitative estimate of drug-likeness (QED) is 0.815. The zero-order valence-electron chi connectivity index (χ0n) is 12.2. The highest BCUT2D eigenvalue weighted by Crippen LogP contribution is 2.32. The molecule has 5 heteroatoms. The van der Waals surface area contributed by atoms with Crippen LogP contribution in [-0.4, -0.2) is 32.4 Å². The molecular formula is C15H23FN2O2. The maximum atomic E-state index is 13.7. The second-order valence-corrected chi connectivity index (χ2v) is 4.95. The summed E-state index contributed by atoms with van der Waals surface area (Å²) in [5, 5.41) is 0. The van der Waals surface area contributed by atoms with Crippen molar-refractivity contribution >= 4 is 11.4 Å². The third-order valence-electron chi connectivity index (χ3n) is 3.55. The molecule has 0 bridgehead atoms. The monoisotopic (exact) mass is 282 g/mol. The van der Waals surface area contributed by atoms with Gasteiger partial charge in [0.15, 0.2) is 11.6 Å². The van der Waals surface area contributed by atoms with Gasteiger partial charge in [0.05, 0.1) is 24.1 Å². The van der Waals surface area contributed by atoms with Crippen molar-refractivity contribution in [2.45, 2.75) is 32.8 Å². The zero-order chi connectivity index (χ0) is 14.5. The smallest absolute Gasteiger partial charge is 0.167 e. The molecule has 2 rings (SSSR count). The molecular weight excluding hydrogens is 259 g/mol. The predicted octanol–water partition coefficient (Wildman–Crippen LogP) is 2.81. The fourth-order valence-corrected chi connectivity index (χ4v) is 2.53. The molecule has 4 nitrogen and oxygen atoms in total. The van der Waals surface area contributed by atoms with Crippen molar-refractivity contribution in [1.29, 1.82) is 0 Å². The van der Waals surface area contributed by atoms with E-state index < -0.39 is 5.82 Å². The molecule has 1 unspecified atom stereocenters. The van der Waals surface area contributed by atoms with Gasteiger partial charge in [-0.05, 0) is 26.7 Å². The van der Waals surface area contributed by atoms with Crippen molar-refractivity contribution in [2.24, 2.45) is 0 Å². The minimum atomic E-state index is -0.415. The van der Waals surface area contributed by atoms with E-state index in [-0.39, 0.29) is 11.9 Å². The Labute approximate surface area is 119 Å². The average molecular weight is 282 g/mol. The van der Waals surface area contributed by atoms with Gasteiger partial charge in [0, 0.05) is 31.8 Å². The molecule has 0 spiro atoms. The normalized spacial score (nSPS) is 18.2. The lowest BCUT2D eigenvalue weighted by Gasteiger charge is -2.27. The van der Waals surface area contributed by atoms with Gasteiger partial charge in [0.1, 0.15) is 0 Å². The van der Waals surface area contributed by atoms with Crippen LogP contribution in [0, 0.1) is 5.82 Å². The second kappa shape index (κ2) is 6.79. The third-order valence-corrected chi connectivity index (χ3v) is 3.55. The molecule has 0 amide bonds. The molecule has 2 N–H and O–H groups in total. The summed E-state index contributed by atoms with van der Waals surface area (Å²) in [6.07, 6.45) is 2.40. The Morgan fingerprint density at radius 1 is 1.45 bits per heavy atom. The van der Waals surface area contributed by atoms with Crippen molar-refractivity contribution in [1.82, 2.24) is 0 Å². The van der Waals surface area contributed by atoms with E-state index in [2.05, 4.69) is 11.8 Å². The lowest BCUT2D eigenvalue weighted by molar-refractivity contribution is 0.116. The van der Waals surface area contributed by atoms with Crippen LogP contribution in [0.1, 0.15) is 26.7 Å². The Morgan fingerprint density at radius 2 is 2.25 bits per heavy atom. The van der Waals surface area contributed by atoms with E-state index >= 15 is 0 Å². The summed E-state index contributed by atoms with van der Waals surface area (Å²) in [6, 6.07) is 3.02. The summed E-state index contributed by atoms with van der Waals surface area (Å²) in [6.45, 7) is 6.71. The molecule has 1 aliphatic heterocycles. The standard InChI is InChI=1S/C15H23FN2O2/c1-3-18(10-11-6-5-7-20-11)14-9-15(19-4-2)12(16)8-13(14)17/h8-9,11H,3-7,10,17H2,1-2H3. The Kier molecular flexibility index (Phi) is 5.06. The number of likely N-dealkylation sites (N-methyl/N-ethyl adjacent to an activating group) is 1. The summed E-state index contributed by atoms with van der Waals surface area (Å²) in [5.74, 6) is -0.163. The van der Waals surface area contributed by atoms with Crippen LogP contribution >= 0.6 is 0 Å². The van der Waals surface area contributed by atoms with Crippen LogP contribution in [0.5, 0.6) is 5.75 Å². The van der Waals surface area contributed by atoms with Crippen LogP contribution in [0.2, 0.25) is 0 Å². The van der Waals surface area contributed by atoms with E-state index in [1.807, 2.05) is 6.92 Å². The van der Waals surface area contributed by atoms with Gasteiger partial charge >= 0.3 is 0 Å². The lowest BCUT2D eigenvalue weighted by atomic mass is 10.2. The topological polar surface area (TPSA) is 47.7 Å². The first kappa shape index (κ1) is 14.9.